The normalized spacial score (nSPS) is 11.3. The number of phenolic OH excluding ortho intramolecular Hbond substituents is 1. The van der Waals surface area contributed by atoms with Crippen molar-refractivity contribution < 1.29 is 5.11 Å². The molecule has 15 heavy (non-hydrogen) atoms. The Labute approximate surface area is 91.1 Å². The standard InChI is InChI=1S/C12H8ClNO/c13-9-6-5-8-7-3-1-2-4-10(7)14-11(8)12(9)15/h1-6,14-15H. The fourth-order valence-electron chi connectivity index (χ4n) is 1.88. The van der Waals surface area contributed by atoms with Crippen LogP contribution < -0.4 is 0 Å². The van der Waals surface area contributed by atoms with E-state index in [9.17, 15) is 5.11 Å². The average Bonchev–Trinajstić information content (AvgIpc) is 2.63. The van der Waals surface area contributed by atoms with Crippen LogP contribution in [0.15, 0.2) is 36.4 Å². The monoisotopic (exact) mass is 217 g/mol. The number of para-hydroxylation sites is 1. The highest BCUT2D eigenvalue weighted by atomic mass is 35.5. The summed E-state index contributed by atoms with van der Waals surface area (Å²) in [5.74, 6) is 0.116. The van der Waals surface area contributed by atoms with Crippen molar-refractivity contribution in [3.05, 3.63) is 41.4 Å². The second-order valence-electron chi connectivity index (χ2n) is 3.49. The molecule has 0 aliphatic rings. The molecule has 3 rings (SSSR count). The molecule has 3 heteroatoms. The van der Waals surface area contributed by atoms with Crippen LogP contribution in [0.5, 0.6) is 5.75 Å². The van der Waals surface area contributed by atoms with Gasteiger partial charge in [0.05, 0.1) is 10.5 Å². The minimum atomic E-state index is 0.116. The summed E-state index contributed by atoms with van der Waals surface area (Å²) in [5, 5.41) is 12.3. The second-order valence-corrected chi connectivity index (χ2v) is 3.90. The number of halogens is 1. The highest BCUT2D eigenvalue weighted by Gasteiger charge is 2.09. The molecule has 2 aromatic carbocycles. The topological polar surface area (TPSA) is 36.0 Å². The number of benzene rings is 2. The first kappa shape index (κ1) is 8.62. The van der Waals surface area contributed by atoms with Gasteiger partial charge in [0.2, 0.25) is 0 Å². The molecule has 0 amide bonds. The molecular weight excluding hydrogens is 210 g/mol. The maximum atomic E-state index is 9.80. The lowest BCUT2D eigenvalue weighted by molar-refractivity contribution is 0.481. The Bertz CT molecular complexity index is 657. The van der Waals surface area contributed by atoms with E-state index in [1.54, 1.807) is 6.07 Å². The molecule has 0 bridgehead atoms. The number of phenols is 1. The van der Waals surface area contributed by atoms with Gasteiger partial charge in [-0.15, -0.1) is 0 Å². The molecule has 0 aliphatic heterocycles. The van der Waals surface area contributed by atoms with Gasteiger partial charge in [-0.05, 0) is 12.1 Å². The quantitative estimate of drug-likeness (QED) is 0.592. The van der Waals surface area contributed by atoms with Gasteiger partial charge < -0.3 is 10.1 Å². The van der Waals surface area contributed by atoms with Crippen molar-refractivity contribution in [2.45, 2.75) is 0 Å². The molecule has 0 aliphatic carbocycles. The summed E-state index contributed by atoms with van der Waals surface area (Å²) < 4.78 is 0. The molecule has 2 N–H and O–H groups in total. The van der Waals surface area contributed by atoms with Gasteiger partial charge in [0.1, 0.15) is 0 Å². The first-order valence-electron chi connectivity index (χ1n) is 4.65. The molecule has 0 radical (unpaired) electrons. The molecule has 0 atom stereocenters. The molecule has 0 unspecified atom stereocenters. The number of aromatic amines is 1. The van der Waals surface area contributed by atoms with Gasteiger partial charge in [-0.25, -0.2) is 0 Å². The van der Waals surface area contributed by atoms with Crippen molar-refractivity contribution in [2.24, 2.45) is 0 Å². The summed E-state index contributed by atoms with van der Waals surface area (Å²) in [5.41, 5.74) is 1.70. The Kier molecular flexibility index (Phi) is 1.67. The predicted octanol–water partition coefficient (Wildman–Crippen LogP) is 3.68. The van der Waals surface area contributed by atoms with Crippen molar-refractivity contribution in [1.29, 1.82) is 0 Å². The minimum absolute atomic E-state index is 0.116. The molecule has 1 aromatic heterocycles. The minimum Gasteiger partial charge on any atom is -0.504 e. The molecule has 2 nitrogen and oxygen atoms in total. The van der Waals surface area contributed by atoms with Crippen LogP contribution in [0, 0.1) is 0 Å². The molecule has 0 saturated heterocycles. The van der Waals surface area contributed by atoms with E-state index >= 15 is 0 Å². The van der Waals surface area contributed by atoms with Crippen LogP contribution in [0.3, 0.4) is 0 Å². The Hall–Kier alpha value is -1.67. The molecule has 1 heterocycles. The fraction of sp³-hybridized carbons (Fsp3) is 0. The first-order chi connectivity index (χ1) is 7.27. The average molecular weight is 218 g/mol. The van der Waals surface area contributed by atoms with Gasteiger partial charge in [0, 0.05) is 16.3 Å². The predicted molar refractivity (Wildman–Crippen MR) is 62.5 cm³/mol. The zero-order valence-corrected chi connectivity index (χ0v) is 8.55. The maximum Gasteiger partial charge on any atom is 0.158 e. The summed E-state index contributed by atoms with van der Waals surface area (Å²) in [6, 6.07) is 11.5. The number of aromatic hydroxyl groups is 1. The summed E-state index contributed by atoms with van der Waals surface area (Å²) in [4.78, 5) is 3.15. The van der Waals surface area contributed by atoms with E-state index in [0.29, 0.717) is 10.5 Å². The largest absolute Gasteiger partial charge is 0.504 e. The van der Waals surface area contributed by atoms with Gasteiger partial charge >= 0.3 is 0 Å². The third-order valence-electron chi connectivity index (χ3n) is 2.61. The fourth-order valence-corrected chi connectivity index (χ4v) is 2.04. The smallest absolute Gasteiger partial charge is 0.158 e. The van der Waals surface area contributed by atoms with Crippen molar-refractivity contribution in [1.82, 2.24) is 4.98 Å². The number of hydrogen-bond donors (Lipinski definition) is 2. The Morgan fingerprint density at radius 1 is 1.00 bits per heavy atom. The Balaban J connectivity index is 2.60. The number of nitrogens with one attached hydrogen (secondary N) is 1. The summed E-state index contributed by atoms with van der Waals surface area (Å²) in [7, 11) is 0. The maximum absolute atomic E-state index is 9.80. The zero-order chi connectivity index (χ0) is 10.4. The molecule has 0 spiro atoms. The van der Waals surface area contributed by atoms with Crippen LogP contribution in [0.25, 0.3) is 21.8 Å². The van der Waals surface area contributed by atoms with Gasteiger partial charge in [-0.1, -0.05) is 35.9 Å². The van der Waals surface area contributed by atoms with Gasteiger partial charge in [-0.2, -0.15) is 0 Å². The first-order valence-corrected chi connectivity index (χ1v) is 5.03. The van der Waals surface area contributed by atoms with E-state index in [0.717, 1.165) is 16.3 Å². The lowest BCUT2D eigenvalue weighted by Crippen LogP contribution is -1.71. The Morgan fingerprint density at radius 3 is 2.67 bits per heavy atom. The second kappa shape index (κ2) is 2.91. The molecular formula is C12H8ClNO. The van der Waals surface area contributed by atoms with Crippen molar-refractivity contribution in [3.63, 3.8) is 0 Å². The van der Waals surface area contributed by atoms with Crippen molar-refractivity contribution >= 4 is 33.4 Å². The van der Waals surface area contributed by atoms with E-state index in [-0.39, 0.29) is 5.75 Å². The zero-order valence-electron chi connectivity index (χ0n) is 7.79. The van der Waals surface area contributed by atoms with Crippen LogP contribution in [-0.2, 0) is 0 Å². The van der Waals surface area contributed by atoms with Gasteiger partial charge in [0.25, 0.3) is 0 Å². The molecule has 74 valence electrons. The summed E-state index contributed by atoms with van der Waals surface area (Å²) in [6.07, 6.45) is 0. The lowest BCUT2D eigenvalue weighted by Gasteiger charge is -1.97. The van der Waals surface area contributed by atoms with Gasteiger partial charge in [0.15, 0.2) is 5.75 Å². The number of hydrogen-bond acceptors (Lipinski definition) is 1. The van der Waals surface area contributed by atoms with Crippen LogP contribution >= 0.6 is 11.6 Å². The highest BCUT2D eigenvalue weighted by Crippen LogP contribution is 2.35. The van der Waals surface area contributed by atoms with Crippen molar-refractivity contribution in [3.8, 4) is 5.75 Å². The van der Waals surface area contributed by atoms with E-state index in [1.165, 1.54) is 0 Å². The van der Waals surface area contributed by atoms with E-state index in [1.807, 2.05) is 30.3 Å². The summed E-state index contributed by atoms with van der Waals surface area (Å²) in [6.45, 7) is 0. The SMILES string of the molecule is Oc1c(Cl)ccc2c1[nH]c1ccccc12. The summed E-state index contributed by atoms with van der Waals surface area (Å²) >= 11 is 5.85. The van der Waals surface area contributed by atoms with Crippen LogP contribution in [0.1, 0.15) is 0 Å². The van der Waals surface area contributed by atoms with Crippen LogP contribution in [-0.4, -0.2) is 10.1 Å². The Morgan fingerprint density at radius 2 is 1.80 bits per heavy atom. The van der Waals surface area contributed by atoms with Crippen LogP contribution in [0.2, 0.25) is 5.02 Å². The lowest BCUT2D eigenvalue weighted by atomic mass is 10.1. The van der Waals surface area contributed by atoms with Crippen molar-refractivity contribution in [2.75, 3.05) is 0 Å². The number of aromatic nitrogens is 1. The van der Waals surface area contributed by atoms with E-state index < -0.39 is 0 Å². The molecule has 3 aromatic rings. The molecule has 0 fully saturated rings. The third-order valence-corrected chi connectivity index (χ3v) is 2.91. The number of rotatable bonds is 0. The number of fused-ring (bicyclic) bond motifs is 3. The number of H-pyrrole nitrogens is 1. The highest BCUT2D eigenvalue weighted by molar-refractivity contribution is 6.33. The van der Waals surface area contributed by atoms with E-state index in [4.69, 9.17) is 11.6 Å². The molecule has 0 saturated carbocycles. The third kappa shape index (κ3) is 1.12. The van der Waals surface area contributed by atoms with E-state index in [2.05, 4.69) is 4.98 Å². The van der Waals surface area contributed by atoms with Gasteiger partial charge in [-0.3, -0.25) is 0 Å². The van der Waals surface area contributed by atoms with Crippen LogP contribution in [0.4, 0.5) is 0 Å².